The molecule has 0 rings (SSSR count). The summed E-state index contributed by atoms with van der Waals surface area (Å²) < 4.78 is 0. The van der Waals surface area contributed by atoms with Crippen LogP contribution in [0, 0.1) is 0 Å². The Morgan fingerprint density at radius 1 is 0.893 bits per heavy atom. The molecule has 0 aromatic carbocycles. The molecule has 28 heavy (non-hydrogen) atoms. The third-order valence-electron chi connectivity index (χ3n) is 3.83. The highest BCUT2D eigenvalue weighted by molar-refractivity contribution is 5.93. The van der Waals surface area contributed by atoms with E-state index in [2.05, 4.69) is 16.0 Å². The third kappa shape index (κ3) is 10.4. The van der Waals surface area contributed by atoms with E-state index in [9.17, 15) is 24.0 Å². The summed E-state index contributed by atoms with van der Waals surface area (Å²) in [5.41, 5.74) is 15.8. The molecule has 160 valence electrons. The molecule has 0 saturated carbocycles. The van der Waals surface area contributed by atoms with Crippen molar-refractivity contribution in [3.05, 3.63) is 0 Å². The first kappa shape index (κ1) is 25.3. The first-order valence-electron chi connectivity index (χ1n) is 8.93. The molecule has 0 aromatic heterocycles. The van der Waals surface area contributed by atoms with Gasteiger partial charge in [-0.05, 0) is 39.2 Å². The molecule has 0 aliphatic rings. The van der Waals surface area contributed by atoms with Crippen LogP contribution in [0.3, 0.4) is 0 Å². The minimum Gasteiger partial charge on any atom is -0.480 e. The van der Waals surface area contributed by atoms with Crippen molar-refractivity contribution in [1.29, 1.82) is 0 Å². The highest BCUT2D eigenvalue weighted by Gasteiger charge is 2.28. The average Bonchev–Trinajstić information content (AvgIpc) is 2.63. The van der Waals surface area contributed by atoms with Crippen molar-refractivity contribution in [2.75, 3.05) is 13.1 Å². The van der Waals surface area contributed by atoms with Crippen molar-refractivity contribution in [2.24, 2.45) is 17.2 Å². The molecule has 0 fully saturated rings. The van der Waals surface area contributed by atoms with Gasteiger partial charge in [-0.2, -0.15) is 0 Å². The summed E-state index contributed by atoms with van der Waals surface area (Å²) in [5, 5.41) is 16.0. The molecule has 4 amide bonds. The largest absolute Gasteiger partial charge is 0.480 e. The van der Waals surface area contributed by atoms with Crippen LogP contribution in [0.1, 0.15) is 39.0 Å². The van der Waals surface area contributed by atoms with Crippen LogP contribution in [0.5, 0.6) is 0 Å². The van der Waals surface area contributed by atoms with Crippen LogP contribution in [-0.2, 0) is 24.0 Å². The predicted molar refractivity (Wildman–Crippen MR) is 99.5 cm³/mol. The molecule has 0 bridgehead atoms. The minimum absolute atomic E-state index is 0.125. The number of carboxylic acid groups (broad SMARTS) is 1. The van der Waals surface area contributed by atoms with E-state index in [1.807, 2.05) is 0 Å². The van der Waals surface area contributed by atoms with Crippen molar-refractivity contribution >= 4 is 29.6 Å². The lowest BCUT2D eigenvalue weighted by Gasteiger charge is -2.23. The van der Waals surface area contributed by atoms with Gasteiger partial charge in [-0.3, -0.25) is 24.0 Å². The molecule has 0 aromatic rings. The SMILES string of the molecule is CC(NC(=O)C(CCC(N)=O)NC(=O)C(CCCCN)NC(=O)CN)C(=O)O. The van der Waals surface area contributed by atoms with Crippen molar-refractivity contribution < 1.29 is 29.1 Å². The van der Waals surface area contributed by atoms with Crippen molar-refractivity contribution in [2.45, 2.75) is 57.2 Å². The second-order valence-corrected chi connectivity index (χ2v) is 6.24. The first-order chi connectivity index (χ1) is 13.1. The second-order valence-electron chi connectivity index (χ2n) is 6.24. The van der Waals surface area contributed by atoms with Crippen LogP contribution in [0.2, 0.25) is 0 Å². The van der Waals surface area contributed by atoms with Gasteiger partial charge in [-0.15, -0.1) is 0 Å². The summed E-state index contributed by atoms with van der Waals surface area (Å²) in [6.45, 7) is 1.35. The summed E-state index contributed by atoms with van der Waals surface area (Å²) in [4.78, 5) is 58.4. The number of hydrogen-bond acceptors (Lipinski definition) is 7. The number of carboxylic acids is 1. The zero-order chi connectivity index (χ0) is 21.7. The lowest BCUT2D eigenvalue weighted by Crippen LogP contribution is -2.56. The maximum absolute atomic E-state index is 12.6. The Kier molecular flexibility index (Phi) is 12.1. The van der Waals surface area contributed by atoms with Crippen molar-refractivity contribution in [1.82, 2.24) is 16.0 Å². The van der Waals surface area contributed by atoms with Gasteiger partial charge in [-0.1, -0.05) is 0 Å². The van der Waals surface area contributed by atoms with E-state index < -0.39 is 47.7 Å². The monoisotopic (exact) mass is 402 g/mol. The van der Waals surface area contributed by atoms with Crippen LogP contribution in [0.15, 0.2) is 0 Å². The van der Waals surface area contributed by atoms with Crippen LogP contribution < -0.4 is 33.2 Å². The minimum atomic E-state index is -1.26. The van der Waals surface area contributed by atoms with Gasteiger partial charge in [-0.25, -0.2) is 0 Å². The van der Waals surface area contributed by atoms with E-state index in [4.69, 9.17) is 22.3 Å². The van der Waals surface area contributed by atoms with Crippen LogP contribution in [0.25, 0.3) is 0 Å². The van der Waals surface area contributed by atoms with Gasteiger partial charge in [0.25, 0.3) is 0 Å². The Balaban J connectivity index is 5.19. The number of primary amides is 1. The third-order valence-corrected chi connectivity index (χ3v) is 3.83. The van der Waals surface area contributed by atoms with E-state index in [0.717, 1.165) is 0 Å². The van der Waals surface area contributed by atoms with E-state index in [-0.39, 0.29) is 25.8 Å². The fourth-order valence-corrected chi connectivity index (χ4v) is 2.22. The number of nitrogens with two attached hydrogens (primary N) is 3. The molecule has 0 aliphatic heterocycles. The summed E-state index contributed by atoms with van der Waals surface area (Å²) in [6.07, 6.45) is 1.12. The molecular weight excluding hydrogens is 372 g/mol. The summed E-state index contributed by atoms with van der Waals surface area (Å²) in [6, 6.07) is -3.35. The molecule has 3 atom stereocenters. The Labute approximate surface area is 162 Å². The second kappa shape index (κ2) is 13.4. The van der Waals surface area contributed by atoms with Crippen LogP contribution in [0.4, 0.5) is 0 Å². The fourth-order valence-electron chi connectivity index (χ4n) is 2.22. The number of unbranched alkanes of at least 4 members (excludes halogenated alkanes) is 1. The molecule has 0 spiro atoms. The maximum atomic E-state index is 12.6. The summed E-state index contributed by atoms with van der Waals surface area (Å²) in [7, 11) is 0. The number of hydrogen-bond donors (Lipinski definition) is 7. The zero-order valence-electron chi connectivity index (χ0n) is 15.9. The molecule has 0 saturated heterocycles. The average molecular weight is 402 g/mol. The van der Waals surface area contributed by atoms with Gasteiger partial charge >= 0.3 is 5.97 Å². The molecule has 0 aliphatic carbocycles. The van der Waals surface area contributed by atoms with Gasteiger partial charge in [0.05, 0.1) is 6.54 Å². The normalized spacial score (nSPS) is 13.7. The number of carbonyl (C=O) groups is 5. The molecule has 12 nitrogen and oxygen atoms in total. The highest BCUT2D eigenvalue weighted by Crippen LogP contribution is 2.04. The van der Waals surface area contributed by atoms with Gasteiger partial charge < -0.3 is 38.3 Å². The lowest BCUT2D eigenvalue weighted by molar-refractivity contribution is -0.142. The predicted octanol–water partition coefficient (Wildman–Crippen LogP) is -3.10. The molecule has 3 unspecified atom stereocenters. The smallest absolute Gasteiger partial charge is 0.325 e. The number of aliphatic carboxylic acids is 1. The van der Waals surface area contributed by atoms with Crippen LogP contribution in [-0.4, -0.2) is 65.9 Å². The van der Waals surface area contributed by atoms with Gasteiger partial charge in [0.1, 0.15) is 18.1 Å². The maximum Gasteiger partial charge on any atom is 0.325 e. The summed E-state index contributed by atoms with van der Waals surface area (Å²) in [5.74, 6) is -3.94. The number of carbonyl (C=O) groups excluding carboxylic acids is 4. The highest BCUT2D eigenvalue weighted by atomic mass is 16.4. The number of amides is 4. The van der Waals surface area contributed by atoms with E-state index in [1.165, 1.54) is 6.92 Å². The van der Waals surface area contributed by atoms with Crippen molar-refractivity contribution in [3.63, 3.8) is 0 Å². The Bertz CT molecular complexity index is 570. The van der Waals surface area contributed by atoms with E-state index >= 15 is 0 Å². The van der Waals surface area contributed by atoms with E-state index in [1.54, 1.807) is 0 Å². The zero-order valence-corrected chi connectivity index (χ0v) is 15.9. The molecular formula is C16H30N6O6. The summed E-state index contributed by atoms with van der Waals surface area (Å²) >= 11 is 0. The van der Waals surface area contributed by atoms with Gasteiger partial charge in [0.2, 0.25) is 23.6 Å². The Morgan fingerprint density at radius 2 is 1.46 bits per heavy atom. The molecule has 12 heteroatoms. The quantitative estimate of drug-likeness (QED) is 0.147. The number of nitrogens with one attached hydrogen (secondary N) is 3. The molecule has 0 radical (unpaired) electrons. The van der Waals surface area contributed by atoms with Crippen molar-refractivity contribution in [3.8, 4) is 0 Å². The topological polar surface area (TPSA) is 220 Å². The number of rotatable bonds is 14. The van der Waals surface area contributed by atoms with Gasteiger partial charge in [0, 0.05) is 6.42 Å². The Morgan fingerprint density at radius 3 is 1.96 bits per heavy atom. The first-order valence-corrected chi connectivity index (χ1v) is 8.93. The van der Waals surface area contributed by atoms with Crippen LogP contribution >= 0.6 is 0 Å². The molecule has 10 N–H and O–H groups in total. The Hall–Kier alpha value is -2.73. The molecule has 0 heterocycles. The van der Waals surface area contributed by atoms with E-state index in [0.29, 0.717) is 19.4 Å². The van der Waals surface area contributed by atoms with Gasteiger partial charge in [0.15, 0.2) is 0 Å². The fraction of sp³-hybridized carbons (Fsp3) is 0.688. The standard InChI is InChI=1S/C16H30N6O6/c1-9(16(27)28)20-14(25)11(5-6-12(19)23)22-15(26)10(4-2-3-7-17)21-13(24)8-18/h9-11H,2-8,17-18H2,1H3,(H2,19,23)(H,20,25)(H,21,24)(H,22,26)(H,27,28). The lowest BCUT2D eigenvalue weighted by atomic mass is 10.1.